The predicted molar refractivity (Wildman–Crippen MR) is 125 cm³/mol. The zero-order chi connectivity index (χ0) is 21.8. The van der Waals surface area contributed by atoms with E-state index in [-0.39, 0.29) is 17.6 Å². The lowest BCUT2D eigenvalue weighted by Gasteiger charge is -2.55. The molecular weight excluding hydrogens is 368 g/mol. The van der Waals surface area contributed by atoms with Crippen LogP contribution in [0, 0.1) is 46.3 Å². The van der Waals surface area contributed by atoms with E-state index in [0.717, 1.165) is 25.7 Å². The maximum atomic E-state index is 11.1. The molecule has 3 fully saturated rings. The largest absolute Gasteiger partial charge is 0.393 e. The van der Waals surface area contributed by atoms with Crippen LogP contribution in [-0.2, 0) is 0 Å². The van der Waals surface area contributed by atoms with E-state index in [1.807, 2.05) is 0 Å². The molecule has 0 aliphatic heterocycles. The molecule has 30 heavy (non-hydrogen) atoms. The van der Waals surface area contributed by atoms with Gasteiger partial charge in [0.2, 0.25) is 0 Å². The van der Waals surface area contributed by atoms with Crippen molar-refractivity contribution in [1.82, 2.24) is 0 Å². The van der Waals surface area contributed by atoms with Crippen LogP contribution in [0.2, 0.25) is 0 Å². The van der Waals surface area contributed by atoms with Crippen molar-refractivity contribution in [2.24, 2.45) is 46.3 Å². The van der Waals surface area contributed by atoms with Crippen LogP contribution in [0.5, 0.6) is 0 Å². The molecule has 9 atom stereocenters. The minimum absolute atomic E-state index is 0.139. The van der Waals surface area contributed by atoms with Gasteiger partial charge in [0, 0.05) is 0 Å². The highest BCUT2D eigenvalue weighted by atomic mass is 16.3. The Balaban J connectivity index is 1.55. The Kier molecular flexibility index (Phi) is 6.08. The van der Waals surface area contributed by atoms with E-state index in [1.54, 1.807) is 5.57 Å². The summed E-state index contributed by atoms with van der Waals surface area (Å²) in [4.78, 5) is 0. The van der Waals surface area contributed by atoms with Gasteiger partial charge in [0.05, 0.1) is 12.2 Å². The van der Waals surface area contributed by atoms with Gasteiger partial charge < -0.3 is 10.2 Å². The maximum absolute atomic E-state index is 11.1. The second-order valence-electron chi connectivity index (χ2n) is 12.4. The summed E-state index contributed by atoms with van der Waals surface area (Å²) < 4.78 is 0. The summed E-state index contributed by atoms with van der Waals surface area (Å²) in [5.41, 5.74) is 3.81. The van der Waals surface area contributed by atoms with Gasteiger partial charge in [-0.15, -0.1) is 0 Å². The monoisotopic (exact) mass is 414 g/mol. The molecule has 0 amide bonds. The number of aliphatic hydroxyl groups excluding tert-OH is 2. The van der Waals surface area contributed by atoms with Crippen LogP contribution in [0.15, 0.2) is 23.3 Å². The fourth-order valence-electron chi connectivity index (χ4n) is 8.02. The number of allylic oxidation sites excluding steroid dienone is 3. The molecule has 0 bridgehead atoms. The third kappa shape index (κ3) is 3.54. The van der Waals surface area contributed by atoms with Gasteiger partial charge >= 0.3 is 0 Å². The summed E-state index contributed by atoms with van der Waals surface area (Å²) in [6, 6.07) is 0. The molecule has 1 unspecified atom stereocenters. The van der Waals surface area contributed by atoms with Crippen LogP contribution >= 0.6 is 0 Å². The van der Waals surface area contributed by atoms with E-state index >= 15 is 0 Å². The van der Waals surface area contributed by atoms with E-state index in [4.69, 9.17) is 0 Å². The molecule has 0 saturated heterocycles. The Morgan fingerprint density at radius 2 is 1.70 bits per heavy atom. The van der Waals surface area contributed by atoms with Crippen molar-refractivity contribution in [2.75, 3.05) is 0 Å². The van der Waals surface area contributed by atoms with E-state index in [0.29, 0.717) is 40.9 Å². The fraction of sp³-hybridized carbons (Fsp3) is 0.857. The van der Waals surface area contributed by atoms with E-state index in [2.05, 4.69) is 53.7 Å². The van der Waals surface area contributed by atoms with Gasteiger partial charge in [-0.25, -0.2) is 0 Å². The average Bonchev–Trinajstić information content (AvgIpc) is 3.04. The first-order valence-corrected chi connectivity index (χ1v) is 12.8. The number of hydrogen-bond donors (Lipinski definition) is 2. The Morgan fingerprint density at radius 3 is 2.40 bits per heavy atom. The van der Waals surface area contributed by atoms with Crippen molar-refractivity contribution in [2.45, 2.75) is 105 Å². The summed E-state index contributed by atoms with van der Waals surface area (Å²) in [7, 11) is 0. The molecule has 0 aromatic rings. The van der Waals surface area contributed by atoms with Crippen LogP contribution in [0.4, 0.5) is 0 Å². The third-order valence-electron chi connectivity index (χ3n) is 10.6. The van der Waals surface area contributed by atoms with Gasteiger partial charge in [0.1, 0.15) is 0 Å². The smallest absolute Gasteiger partial charge is 0.0578 e. The van der Waals surface area contributed by atoms with Gasteiger partial charge in [0.25, 0.3) is 0 Å². The first kappa shape index (κ1) is 22.6. The Hall–Kier alpha value is -0.600. The lowest BCUT2D eigenvalue weighted by Crippen LogP contribution is -2.47. The molecule has 3 saturated carbocycles. The second kappa shape index (κ2) is 8.07. The molecule has 170 valence electrons. The summed E-state index contributed by atoms with van der Waals surface area (Å²) >= 11 is 0. The average molecular weight is 415 g/mol. The zero-order valence-corrected chi connectivity index (χ0v) is 20.3. The molecule has 0 aromatic heterocycles. The number of rotatable bonds is 5. The highest BCUT2D eigenvalue weighted by molar-refractivity contribution is 5.38. The molecular formula is C28H46O2. The molecule has 2 heteroatoms. The highest BCUT2D eigenvalue weighted by Crippen LogP contribution is 2.66. The predicted octanol–water partition coefficient (Wildman–Crippen LogP) is 6.53. The van der Waals surface area contributed by atoms with Crippen LogP contribution in [0.1, 0.15) is 92.9 Å². The van der Waals surface area contributed by atoms with Crippen LogP contribution < -0.4 is 0 Å². The first-order valence-electron chi connectivity index (χ1n) is 12.8. The van der Waals surface area contributed by atoms with Gasteiger partial charge in [-0.3, -0.25) is 0 Å². The Bertz CT molecular complexity index is 705. The van der Waals surface area contributed by atoms with Crippen molar-refractivity contribution in [3.05, 3.63) is 23.3 Å². The molecule has 4 aliphatic rings. The SMILES string of the molecule is CC(C)C(C)C[C@H](O)[C@@H](C)[C@H]1CC[C@H]2C3=CC=C4C[C@@H](O)CC[C@]4(C)[C@H]3CC[C@]12C. The van der Waals surface area contributed by atoms with Crippen LogP contribution in [-0.4, -0.2) is 22.4 Å². The normalized spacial score (nSPS) is 43.8. The molecule has 0 spiro atoms. The molecule has 2 nitrogen and oxygen atoms in total. The summed E-state index contributed by atoms with van der Waals surface area (Å²) in [6.45, 7) is 14.2. The lowest BCUT2D eigenvalue weighted by molar-refractivity contribution is -0.00814. The summed E-state index contributed by atoms with van der Waals surface area (Å²) in [5, 5.41) is 21.3. The van der Waals surface area contributed by atoms with Crippen molar-refractivity contribution < 1.29 is 10.2 Å². The molecule has 0 aromatic carbocycles. The van der Waals surface area contributed by atoms with Crippen molar-refractivity contribution >= 4 is 0 Å². The van der Waals surface area contributed by atoms with Crippen molar-refractivity contribution in [1.29, 1.82) is 0 Å². The lowest BCUT2D eigenvalue weighted by atomic mass is 9.50. The highest BCUT2D eigenvalue weighted by Gasteiger charge is 2.57. The Morgan fingerprint density at radius 1 is 0.967 bits per heavy atom. The summed E-state index contributed by atoms with van der Waals surface area (Å²) in [5.74, 6) is 3.58. The standard InChI is InChI=1S/C28H46O2/c1-17(2)18(3)15-26(30)19(4)23-9-10-24-22-8-7-20-16-21(29)11-13-27(20,5)25(22)12-14-28(23,24)6/h7-8,17-19,21,23-26,29-30H,9-16H2,1-6H3/t18?,19-,21-,23+,24-,25-,26-,27-,28+/m0/s1. The van der Waals surface area contributed by atoms with E-state index in [1.165, 1.54) is 31.3 Å². The summed E-state index contributed by atoms with van der Waals surface area (Å²) in [6.07, 6.45) is 13.6. The molecule has 0 radical (unpaired) electrons. The van der Waals surface area contributed by atoms with Gasteiger partial charge in [-0.05, 0) is 97.7 Å². The van der Waals surface area contributed by atoms with Gasteiger partial charge in [-0.2, -0.15) is 0 Å². The quantitative estimate of drug-likeness (QED) is 0.537. The maximum Gasteiger partial charge on any atom is 0.0578 e. The number of aliphatic hydroxyl groups is 2. The molecule has 0 heterocycles. The van der Waals surface area contributed by atoms with E-state index < -0.39 is 0 Å². The van der Waals surface area contributed by atoms with Crippen LogP contribution in [0.3, 0.4) is 0 Å². The third-order valence-corrected chi connectivity index (χ3v) is 10.6. The van der Waals surface area contributed by atoms with Gasteiger partial charge in [-0.1, -0.05) is 64.8 Å². The topological polar surface area (TPSA) is 40.5 Å². The Labute approximate surface area is 185 Å². The van der Waals surface area contributed by atoms with E-state index in [9.17, 15) is 10.2 Å². The second-order valence-corrected chi connectivity index (χ2v) is 12.4. The molecule has 4 rings (SSSR count). The van der Waals surface area contributed by atoms with Crippen molar-refractivity contribution in [3.8, 4) is 0 Å². The number of fused-ring (bicyclic) bond motifs is 5. The molecule has 2 N–H and O–H groups in total. The van der Waals surface area contributed by atoms with Crippen LogP contribution in [0.25, 0.3) is 0 Å². The van der Waals surface area contributed by atoms with Gasteiger partial charge in [0.15, 0.2) is 0 Å². The molecule has 4 aliphatic carbocycles. The minimum atomic E-state index is -0.176. The van der Waals surface area contributed by atoms with Crippen molar-refractivity contribution in [3.63, 3.8) is 0 Å². The number of hydrogen-bond acceptors (Lipinski definition) is 2. The zero-order valence-electron chi connectivity index (χ0n) is 20.3. The first-order chi connectivity index (χ1) is 14.1. The fourth-order valence-corrected chi connectivity index (χ4v) is 8.02. The minimum Gasteiger partial charge on any atom is -0.393 e.